The maximum Gasteiger partial charge on any atom is 0.387 e. The first-order valence-corrected chi connectivity index (χ1v) is 8.55. The molecule has 0 aliphatic heterocycles. The molecule has 150 valence electrons. The number of hydrogen-bond donors (Lipinski definition) is 2. The molecule has 2 amide bonds. The van der Waals surface area contributed by atoms with E-state index in [1.807, 2.05) is 0 Å². The molecular formula is C18H18ClF2N3O4. The summed E-state index contributed by atoms with van der Waals surface area (Å²) in [7, 11) is 1.34. The van der Waals surface area contributed by atoms with E-state index in [2.05, 4.69) is 20.4 Å². The van der Waals surface area contributed by atoms with Gasteiger partial charge in [-0.1, -0.05) is 17.7 Å². The van der Waals surface area contributed by atoms with Crippen LogP contribution in [0.3, 0.4) is 0 Å². The topological polar surface area (TPSA) is 89.6 Å². The second-order valence-electron chi connectivity index (χ2n) is 5.51. The van der Waals surface area contributed by atoms with Gasteiger partial charge in [0.25, 0.3) is 5.91 Å². The summed E-state index contributed by atoms with van der Waals surface area (Å²) in [5.74, 6) is -0.801. The molecule has 0 unspecified atom stereocenters. The molecule has 0 radical (unpaired) electrons. The first-order valence-electron chi connectivity index (χ1n) is 8.17. The summed E-state index contributed by atoms with van der Waals surface area (Å²) in [6.45, 7) is -2.89. The molecule has 0 atom stereocenters. The van der Waals surface area contributed by atoms with E-state index in [4.69, 9.17) is 16.3 Å². The Morgan fingerprint density at radius 3 is 2.64 bits per heavy atom. The van der Waals surface area contributed by atoms with Crippen LogP contribution in [0.25, 0.3) is 0 Å². The molecular weight excluding hydrogens is 396 g/mol. The molecule has 0 fully saturated rings. The second-order valence-corrected chi connectivity index (χ2v) is 5.94. The smallest absolute Gasteiger partial charge is 0.387 e. The molecule has 10 heteroatoms. The molecule has 0 saturated heterocycles. The van der Waals surface area contributed by atoms with Crippen molar-refractivity contribution in [2.75, 3.05) is 20.2 Å². The van der Waals surface area contributed by atoms with Crippen molar-refractivity contribution in [3.63, 3.8) is 0 Å². The third kappa shape index (κ3) is 6.66. The van der Waals surface area contributed by atoms with E-state index in [0.717, 1.165) is 5.56 Å². The highest BCUT2D eigenvalue weighted by atomic mass is 35.5. The fourth-order valence-corrected chi connectivity index (χ4v) is 2.41. The van der Waals surface area contributed by atoms with Gasteiger partial charge < -0.3 is 20.1 Å². The average Bonchev–Trinajstić information content (AvgIpc) is 2.66. The molecule has 1 aromatic carbocycles. The van der Waals surface area contributed by atoms with Crippen LogP contribution in [0.5, 0.6) is 11.5 Å². The number of pyridine rings is 1. The Hall–Kier alpha value is -2.94. The molecule has 28 heavy (non-hydrogen) atoms. The highest BCUT2D eigenvalue weighted by Gasteiger charge is 2.12. The number of ether oxygens (including phenoxy) is 2. The average molecular weight is 414 g/mol. The quantitative estimate of drug-likeness (QED) is 0.659. The number of amides is 2. The maximum atomic E-state index is 12.3. The first kappa shape index (κ1) is 21.4. The van der Waals surface area contributed by atoms with E-state index in [1.165, 1.54) is 31.5 Å². The van der Waals surface area contributed by atoms with Gasteiger partial charge in [0.15, 0.2) is 11.5 Å². The lowest BCUT2D eigenvalue weighted by Gasteiger charge is -2.12. The van der Waals surface area contributed by atoms with Crippen molar-refractivity contribution in [3.05, 3.63) is 52.8 Å². The van der Waals surface area contributed by atoms with Crippen LogP contribution < -0.4 is 20.1 Å². The number of alkyl halides is 2. The predicted molar refractivity (Wildman–Crippen MR) is 97.9 cm³/mol. The van der Waals surface area contributed by atoms with Crippen molar-refractivity contribution in [2.45, 2.75) is 13.0 Å². The lowest BCUT2D eigenvalue weighted by Crippen LogP contribution is -2.37. The van der Waals surface area contributed by atoms with Crippen molar-refractivity contribution < 1.29 is 27.8 Å². The van der Waals surface area contributed by atoms with Crippen molar-refractivity contribution in [1.82, 2.24) is 15.6 Å². The third-order valence-electron chi connectivity index (χ3n) is 3.54. The number of aromatic nitrogens is 1. The van der Waals surface area contributed by atoms with Crippen LogP contribution in [0.4, 0.5) is 8.78 Å². The zero-order valence-electron chi connectivity index (χ0n) is 14.9. The summed E-state index contributed by atoms with van der Waals surface area (Å²) in [5.41, 5.74) is 0.865. The van der Waals surface area contributed by atoms with Crippen molar-refractivity contribution >= 4 is 23.4 Å². The van der Waals surface area contributed by atoms with Crippen molar-refractivity contribution in [2.24, 2.45) is 0 Å². The van der Waals surface area contributed by atoms with E-state index in [1.54, 1.807) is 12.1 Å². The van der Waals surface area contributed by atoms with Crippen LogP contribution in [-0.2, 0) is 11.2 Å². The number of benzene rings is 1. The van der Waals surface area contributed by atoms with Crippen LogP contribution in [-0.4, -0.2) is 43.6 Å². The minimum Gasteiger partial charge on any atom is -0.493 e. The number of carbonyl (C=O) groups is 2. The van der Waals surface area contributed by atoms with Crippen LogP contribution in [0.1, 0.15) is 16.1 Å². The van der Waals surface area contributed by atoms with E-state index < -0.39 is 12.5 Å². The number of nitrogens with one attached hydrogen (secondary N) is 2. The number of nitrogens with zero attached hydrogens (tertiary/aromatic N) is 1. The Labute approximate surface area is 165 Å². The fourth-order valence-electron chi connectivity index (χ4n) is 2.25. The fraction of sp³-hybridized carbons (Fsp3) is 0.278. The molecule has 2 rings (SSSR count). The Balaban J connectivity index is 1.78. The van der Waals surface area contributed by atoms with Crippen molar-refractivity contribution in [1.29, 1.82) is 0 Å². The van der Waals surface area contributed by atoms with Gasteiger partial charge in [0.2, 0.25) is 5.91 Å². The SMILES string of the molecule is COc1cc(CCNC(=O)CNC(=O)c2cc(Cl)ccn2)ccc1OC(F)F. The van der Waals surface area contributed by atoms with Gasteiger partial charge in [0, 0.05) is 17.8 Å². The van der Waals surface area contributed by atoms with Gasteiger partial charge in [-0.3, -0.25) is 14.6 Å². The molecule has 0 aliphatic rings. The third-order valence-corrected chi connectivity index (χ3v) is 3.78. The van der Waals surface area contributed by atoms with E-state index in [0.29, 0.717) is 11.4 Å². The van der Waals surface area contributed by atoms with Gasteiger partial charge in [-0.2, -0.15) is 8.78 Å². The van der Waals surface area contributed by atoms with Gasteiger partial charge in [-0.05, 0) is 36.2 Å². The Kier molecular flexibility index (Phi) is 7.94. The van der Waals surface area contributed by atoms with E-state index in [-0.39, 0.29) is 36.2 Å². The molecule has 1 heterocycles. The van der Waals surface area contributed by atoms with E-state index >= 15 is 0 Å². The summed E-state index contributed by atoms with van der Waals surface area (Å²) < 4.78 is 34.0. The van der Waals surface area contributed by atoms with Crippen molar-refractivity contribution in [3.8, 4) is 11.5 Å². The van der Waals surface area contributed by atoms with Crippen LogP contribution >= 0.6 is 11.6 Å². The highest BCUT2D eigenvalue weighted by molar-refractivity contribution is 6.30. The molecule has 2 aromatic rings. The number of methoxy groups -OCH3 is 1. The Morgan fingerprint density at radius 1 is 1.18 bits per heavy atom. The Morgan fingerprint density at radius 2 is 1.96 bits per heavy atom. The standard InChI is InChI=1S/C18H18ClF2N3O4/c1-27-15-8-11(2-3-14(15)28-18(20)21)4-6-23-16(25)10-24-17(26)13-9-12(19)5-7-22-13/h2-3,5,7-9,18H,4,6,10H2,1H3,(H,23,25)(H,24,26). The number of halogens is 3. The van der Waals surface area contributed by atoms with Gasteiger partial charge in [0.05, 0.1) is 13.7 Å². The number of rotatable bonds is 9. The van der Waals surface area contributed by atoms with Gasteiger partial charge >= 0.3 is 6.61 Å². The second kappa shape index (κ2) is 10.4. The predicted octanol–water partition coefficient (Wildman–Crippen LogP) is 2.43. The minimum atomic E-state index is -2.95. The monoisotopic (exact) mass is 413 g/mol. The normalized spacial score (nSPS) is 10.5. The first-order chi connectivity index (χ1) is 13.4. The van der Waals surface area contributed by atoms with E-state index in [9.17, 15) is 18.4 Å². The van der Waals surface area contributed by atoms with Crippen LogP contribution in [0, 0.1) is 0 Å². The number of carbonyl (C=O) groups excluding carboxylic acids is 2. The van der Waals surface area contributed by atoms with Crippen LogP contribution in [0.15, 0.2) is 36.5 Å². The summed E-state index contributed by atoms with van der Waals surface area (Å²) in [6.07, 6.45) is 1.82. The summed E-state index contributed by atoms with van der Waals surface area (Å²) >= 11 is 5.78. The summed E-state index contributed by atoms with van der Waals surface area (Å²) in [6, 6.07) is 7.45. The van der Waals surface area contributed by atoms with Crippen LogP contribution in [0.2, 0.25) is 5.02 Å². The highest BCUT2D eigenvalue weighted by Crippen LogP contribution is 2.29. The zero-order valence-corrected chi connectivity index (χ0v) is 15.6. The summed E-state index contributed by atoms with van der Waals surface area (Å²) in [5, 5.41) is 5.45. The maximum absolute atomic E-state index is 12.3. The van der Waals surface area contributed by atoms with Gasteiger partial charge in [-0.25, -0.2) is 0 Å². The molecule has 0 spiro atoms. The molecule has 2 N–H and O–H groups in total. The molecule has 1 aromatic heterocycles. The van der Waals surface area contributed by atoms with Gasteiger partial charge in [-0.15, -0.1) is 0 Å². The molecule has 0 saturated carbocycles. The molecule has 0 aliphatic carbocycles. The Bertz CT molecular complexity index is 836. The zero-order chi connectivity index (χ0) is 20.5. The molecule has 7 nitrogen and oxygen atoms in total. The minimum absolute atomic E-state index is 0.0670. The summed E-state index contributed by atoms with van der Waals surface area (Å²) in [4.78, 5) is 27.6. The lowest BCUT2D eigenvalue weighted by atomic mass is 10.1. The largest absolute Gasteiger partial charge is 0.493 e. The van der Waals surface area contributed by atoms with Gasteiger partial charge in [0.1, 0.15) is 5.69 Å². The lowest BCUT2D eigenvalue weighted by molar-refractivity contribution is -0.120. The molecule has 0 bridgehead atoms. The number of hydrogen-bond acceptors (Lipinski definition) is 5.